The van der Waals surface area contributed by atoms with Gasteiger partial charge >= 0.3 is 0 Å². The molecule has 1 N–H and O–H groups in total. The van der Waals surface area contributed by atoms with E-state index in [0.29, 0.717) is 18.0 Å². The van der Waals surface area contributed by atoms with Gasteiger partial charge in [-0.25, -0.2) is 0 Å². The van der Waals surface area contributed by atoms with Crippen LogP contribution in [-0.4, -0.2) is 25.6 Å². The lowest BCUT2D eigenvalue weighted by molar-refractivity contribution is 0.0958. The maximum atomic E-state index is 12.5. The van der Waals surface area contributed by atoms with Crippen LogP contribution >= 0.6 is 22.9 Å². The molecule has 1 aliphatic heterocycles. The van der Waals surface area contributed by atoms with Gasteiger partial charge in [0, 0.05) is 11.6 Å². The zero-order valence-corrected chi connectivity index (χ0v) is 16.2. The number of carbonyl (C=O) groups excluding carboxylic acids is 1. The molecule has 1 aromatic heterocycles. The summed E-state index contributed by atoms with van der Waals surface area (Å²) in [5, 5.41) is 4.76. The topological polar surface area (TPSA) is 41.6 Å². The van der Waals surface area contributed by atoms with Crippen molar-refractivity contribution in [3.05, 3.63) is 76.1 Å². The minimum absolute atomic E-state index is 0.0400. The maximum absolute atomic E-state index is 12.5. The van der Waals surface area contributed by atoms with Crippen LogP contribution in [0.3, 0.4) is 0 Å². The third kappa shape index (κ3) is 4.10. The van der Waals surface area contributed by atoms with E-state index in [-0.39, 0.29) is 5.91 Å². The average Bonchev–Trinajstić information content (AvgIpc) is 3.19. The SMILES string of the molecule is O=C(NCCc1ccc(Cl)cc1)c1ccc(N2CCOc3ccccc32)s1. The molecule has 6 heteroatoms. The average molecular weight is 399 g/mol. The smallest absolute Gasteiger partial charge is 0.261 e. The molecule has 4 nitrogen and oxygen atoms in total. The number of carbonyl (C=O) groups is 1. The van der Waals surface area contributed by atoms with Gasteiger partial charge in [0.15, 0.2) is 0 Å². The van der Waals surface area contributed by atoms with E-state index in [4.69, 9.17) is 16.3 Å². The van der Waals surface area contributed by atoms with E-state index in [1.54, 1.807) is 0 Å². The monoisotopic (exact) mass is 398 g/mol. The number of benzene rings is 2. The van der Waals surface area contributed by atoms with Crippen LogP contribution in [0.25, 0.3) is 0 Å². The molecule has 0 radical (unpaired) electrons. The van der Waals surface area contributed by atoms with Crippen molar-refractivity contribution in [1.82, 2.24) is 5.32 Å². The molecule has 27 heavy (non-hydrogen) atoms. The van der Waals surface area contributed by atoms with Crippen molar-refractivity contribution in [2.45, 2.75) is 6.42 Å². The van der Waals surface area contributed by atoms with Gasteiger partial charge in [0.05, 0.1) is 22.1 Å². The molecule has 2 heterocycles. The summed E-state index contributed by atoms with van der Waals surface area (Å²) in [5.41, 5.74) is 2.19. The van der Waals surface area contributed by atoms with Gasteiger partial charge < -0.3 is 15.0 Å². The molecule has 1 aliphatic rings. The van der Waals surface area contributed by atoms with Crippen LogP contribution in [0.5, 0.6) is 5.75 Å². The van der Waals surface area contributed by atoms with Gasteiger partial charge in [0.2, 0.25) is 0 Å². The summed E-state index contributed by atoms with van der Waals surface area (Å²) < 4.78 is 5.71. The molecule has 0 saturated carbocycles. The highest BCUT2D eigenvalue weighted by atomic mass is 35.5. The molecule has 138 valence electrons. The fraction of sp³-hybridized carbons (Fsp3) is 0.190. The van der Waals surface area contributed by atoms with Crippen molar-refractivity contribution in [3.63, 3.8) is 0 Å². The number of anilines is 2. The second kappa shape index (κ2) is 8.03. The number of hydrogen-bond donors (Lipinski definition) is 1. The lowest BCUT2D eigenvalue weighted by atomic mass is 10.1. The van der Waals surface area contributed by atoms with Crippen LogP contribution in [0.1, 0.15) is 15.2 Å². The Labute approximate surface area is 167 Å². The summed E-state index contributed by atoms with van der Waals surface area (Å²) in [5.74, 6) is 0.841. The summed E-state index contributed by atoms with van der Waals surface area (Å²) in [4.78, 5) is 15.4. The number of rotatable bonds is 5. The van der Waals surface area contributed by atoms with Crippen LogP contribution in [0.2, 0.25) is 5.02 Å². The fourth-order valence-corrected chi connectivity index (χ4v) is 4.14. The van der Waals surface area contributed by atoms with Gasteiger partial charge in [-0.2, -0.15) is 0 Å². The van der Waals surface area contributed by atoms with Crippen molar-refractivity contribution in [2.24, 2.45) is 0 Å². The largest absolute Gasteiger partial charge is 0.490 e. The van der Waals surface area contributed by atoms with E-state index in [1.807, 2.05) is 60.7 Å². The highest BCUT2D eigenvalue weighted by Crippen LogP contribution is 2.39. The highest BCUT2D eigenvalue weighted by Gasteiger charge is 2.21. The zero-order chi connectivity index (χ0) is 18.6. The first-order valence-corrected chi connectivity index (χ1v) is 10.0. The predicted octanol–water partition coefficient (Wildman–Crippen LogP) is 4.90. The third-order valence-electron chi connectivity index (χ3n) is 4.42. The first-order valence-electron chi connectivity index (χ1n) is 8.82. The third-order valence-corrected chi connectivity index (χ3v) is 5.78. The Morgan fingerprint density at radius 1 is 1.11 bits per heavy atom. The number of nitrogens with one attached hydrogen (secondary N) is 1. The van der Waals surface area contributed by atoms with Crippen molar-refractivity contribution in [3.8, 4) is 5.75 Å². The van der Waals surface area contributed by atoms with Gasteiger partial charge in [0.25, 0.3) is 5.91 Å². The molecular weight excluding hydrogens is 380 g/mol. The molecule has 0 aliphatic carbocycles. The summed E-state index contributed by atoms with van der Waals surface area (Å²) >= 11 is 7.39. The molecule has 0 spiro atoms. The molecule has 0 unspecified atom stereocenters. The number of amides is 1. The van der Waals surface area contributed by atoms with Crippen LogP contribution in [0.4, 0.5) is 10.7 Å². The lowest BCUT2D eigenvalue weighted by Gasteiger charge is -2.29. The van der Waals surface area contributed by atoms with Crippen LogP contribution in [0.15, 0.2) is 60.7 Å². The van der Waals surface area contributed by atoms with E-state index in [1.165, 1.54) is 11.3 Å². The first-order chi connectivity index (χ1) is 13.2. The molecule has 3 aromatic rings. The number of fused-ring (bicyclic) bond motifs is 1. The molecule has 0 saturated heterocycles. The molecule has 0 atom stereocenters. The summed E-state index contributed by atoms with van der Waals surface area (Å²) in [7, 11) is 0. The molecule has 2 aromatic carbocycles. The van der Waals surface area contributed by atoms with Gasteiger partial charge in [-0.1, -0.05) is 35.9 Å². The number of ether oxygens (including phenoxy) is 1. The van der Waals surface area contributed by atoms with E-state index < -0.39 is 0 Å². The molecule has 1 amide bonds. The predicted molar refractivity (Wildman–Crippen MR) is 111 cm³/mol. The van der Waals surface area contributed by atoms with Gasteiger partial charge in [-0.05, 0) is 48.4 Å². The zero-order valence-electron chi connectivity index (χ0n) is 14.7. The van der Waals surface area contributed by atoms with Crippen molar-refractivity contribution < 1.29 is 9.53 Å². The van der Waals surface area contributed by atoms with Crippen molar-refractivity contribution >= 4 is 39.5 Å². The highest BCUT2D eigenvalue weighted by molar-refractivity contribution is 7.18. The summed E-state index contributed by atoms with van der Waals surface area (Å²) in [6.07, 6.45) is 0.776. The molecular formula is C21H19ClN2O2S. The normalized spacial score (nSPS) is 13.0. The first kappa shape index (κ1) is 17.9. The molecule has 0 bridgehead atoms. The summed E-state index contributed by atoms with van der Waals surface area (Å²) in [6.45, 7) is 2.00. The van der Waals surface area contributed by atoms with Crippen molar-refractivity contribution in [1.29, 1.82) is 0 Å². The quantitative estimate of drug-likeness (QED) is 0.664. The lowest BCUT2D eigenvalue weighted by Crippen LogP contribution is -2.27. The minimum Gasteiger partial charge on any atom is -0.490 e. The Hall–Kier alpha value is -2.50. The number of thiophene rings is 1. The Balaban J connectivity index is 1.39. The second-order valence-corrected chi connectivity index (χ2v) is 7.74. The minimum atomic E-state index is -0.0400. The van der Waals surface area contributed by atoms with E-state index in [2.05, 4.69) is 10.2 Å². The second-order valence-electron chi connectivity index (χ2n) is 6.24. The molecule has 0 fully saturated rings. The number of para-hydroxylation sites is 2. The standard InChI is InChI=1S/C21H19ClN2O2S/c22-16-7-5-15(6-8-16)11-12-23-21(25)19-9-10-20(27-19)24-13-14-26-18-4-2-1-3-17(18)24/h1-10H,11-14H2,(H,23,25). The van der Waals surface area contributed by atoms with Gasteiger partial charge in [-0.15, -0.1) is 11.3 Å². The van der Waals surface area contributed by atoms with Crippen LogP contribution in [0, 0.1) is 0 Å². The Bertz CT molecular complexity index is 939. The number of halogens is 1. The maximum Gasteiger partial charge on any atom is 0.261 e. The number of hydrogen-bond acceptors (Lipinski definition) is 4. The Kier molecular flexibility index (Phi) is 5.32. The fourth-order valence-electron chi connectivity index (χ4n) is 3.05. The van der Waals surface area contributed by atoms with Gasteiger partial charge in [0.1, 0.15) is 12.4 Å². The van der Waals surface area contributed by atoms with E-state index >= 15 is 0 Å². The van der Waals surface area contributed by atoms with E-state index in [9.17, 15) is 4.79 Å². The number of nitrogens with zero attached hydrogens (tertiary/aromatic N) is 1. The van der Waals surface area contributed by atoms with Crippen molar-refractivity contribution in [2.75, 3.05) is 24.6 Å². The van der Waals surface area contributed by atoms with E-state index in [0.717, 1.165) is 40.0 Å². The Morgan fingerprint density at radius 3 is 2.78 bits per heavy atom. The summed E-state index contributed by atoms with van der Waals surface area (Å²) in [6, 6.07) is 19.6. The Morgan fingerprint density at radius 2 is 1.93 bits per heavy atom. The molecule has 4 rings (SSSR count). The van der Waals surface area contributed by atoms with Crippen LogP contribution in [-0.2, 0) is 6.42 Å². The van der Waals surface area contributed by atoms with Crippen LogP contribution < -0.4 is 15.0 Å². The van der Waals surface area contributed by atoms with Gasteiger partial charge in [-0.3, -0.25) is 4.79 Å².